The Morgan fingerprint density at radius 2 is 2.04 bits per heavy atom. The first kappa shape index (κ1) is 18.2. The number of benzene rings is 1. The average Bonchev–Trinajstić information content (AvgIpc) is 2.70. The zero-order valence-electron chi connectivity index (χ0n) is 15.4. The third-order valence-electron chi connectivity index (χ3n) is 4.77. The van der Waals surface area contributed by atoms with Crippen molar-refractivity contribution in [2.45, 2.75) is 39.0 Å². The molecule has 0 saturated heterocycles. The van der Waals surface area contributed by atoms with Crippen molar-refractivity contribution in [3.05, 3.63) is 66.0 Å². The van der Waals surface area contributed by atoms with Crippen LogP contribution in [0.25, 0.3) is 0 Å². The summed E-state index contributed by atoms with van der Waals surface area (Å²) in [7, 11) is 0. The molecule has 0 unspecified atom stereocenters. The van der Waals surface area contributed by atoms with Crippen LogP contribution in [0.5, 0.6) is 0 Å². The Balaban J connectivity index is 1.64. The summed E-state index contributed by atoms with van der Waals surface area (Å²) in [5, 5.41) is 3.41. The molecule has 136 valence electrons. The van der Waals surface area contributed by atoms with Gasteiger partial charge in [0.05, 0.1) is 11.3 Å². The van der Waals surface area contributed by atoms with Gasteiger partial charge in [-0.2, -0.15) is 0 Å². The molecule has 1 N–H and O–H groups in total. The van der Waals surface area contributed by atoms with E-state index >= 15 is 0 Å². The van der Waals surface area contributed by atoms with Crippen LogP contribution < -0.4 is 10.2 Å². The van der Waals surface area contributed by atoms with E-state index in [-0.39, 0.29) is 5.91 Å². The average molecular weight is 349 g/mol. The Hall–Kier alpha value is -2.62. The van der Waals surface area contributed by atoms with Crippen LogP contribution in [-0.2, 0) is 0 Å². The lowest BCUT2D eigenvalue weighted by atomic mass is 9.97. The first-order chi connectivity index (χ1) is 12.8. The first-order valence-electron chi connectivity index (χ1n) is 9.51. The molecular weight excluding hydrogens is 322 g/mol. The number of nitrogens with one attached hydrogen (secondary N) is 1. The van der Waals surface area contributed by atoms with Crippen LogP contribution in [0.15, 0.2) is 60.4 Å². The predicted molar refractivity (Wildman–Crippen MR) is 108 cm³/mol. The van der Waals surface area contributed by atoms with Gasteiger partial charge >= 0.3 is 0 Å². The second-order valence-corrected chi connectivity index (χ2v) is 6.63. The number of hydrogen-bond donors (Lipinski definition) is 1. The number of anilines is 2. The molecule has 3 rings (SSSR count). The Morgan fingerprint density at radius 3 is 2.77 bits per heavy atom. The maximum absolute atomic E-state index is 12.9. The highest BCUT2D eigenvalue weighted by molar-refractivity contribution is 6.06. The van der Waals surface area contributed by atoms with Gasteiger partial charge in [0.2, 0.25) is 0 Å². The number of pyridine rings is 1. The first-order valence-corrected chi connectivity index (χ1v) is 9.51. The van der Waals surface area contributed by atoms with Gasteiger partial charge in [0.1, 0.15) is 0 Å². The van der Waals surface area contributed by atoms with Crippen LogP contribution in [0, 0.1) is 0 Å². The topological polar surface area (TPSA) is 45.2 Å². The fraction of sp³-hybridized carbons (Fsp3) is 0.364. The van der Waals surface area contributed by atoms with Gasteiger partial charge in [0.25, 0.3) is 5.91 Å². The highest BCUT2D eigenvalue weighted by Gasteiger charge is 2.16. The van der Waals surface area contributed by atoms with Crippen LogP contribution in [-0.4, -0.2) is 24.0 Å². The Labute approximate surface area is 155 Å². The van der Waals surface area contributed by atoms with Crippen LogP contribution in [0.2, 0.25) is 0 Å². The molecule has 0 saturated carbocycles. The maximum Gasteiger partial charge on any atom is 0.259 e. The van der Waals surface area contributed by atoms with E-state index in [2.05, 4.69) is 16.4 Å². The van der Waals surface area contributed by atoms with Gasteiger partial charge in [-0.1, -0.05) is 29.8 Å². The summed E-state index contributed by atoms with van der Waals surface area (Å²) in [5.41, 5.74) is 3.96. The summed E-state index contributed by atoms with van der Waals surface area (Å²) in [6, 6.07) is 11.7. The van der Waals surface area contributed by atoms with Crippen molar-refractivity contribution in [3.63, 3.8) is 0 Å². The molecule has 0 fully saturated rings. The van der Waals surface area contributed by atoms with Gasteiger partial charge in [-0.05, 0) is 57.2 Å². The second kappa shape index (κ2) is 9.18. The Bertz CT molecular complexity index is 755. The highest BCUT2D eigenvalue weighted by Crippen LogP contribution is 2.21. The number of hydrogen-bond acceptors (Lipinski definition) is 3. The summed E-state index contributed by atoms with van der Waals surface area (Å²) >= 11 is 0. The molecule has 0 bridgehead atoms. The maximum atomic E-state index is 12.9. The van der Waals surface area contributed by atoms with Gasteiger partial charge in [-0.3, -0.25) is 9.78 Å². The number of amides is 1. The lowest BCUT2D eigenvalue weighted by Gasteiger charge is -2.21. The number of rotatable bonds is 7. The third kappa shape index (κ3) is 4.72. The highest BCUT2D eigenvalue weighted by atomic mass is 16.2. The summed E-state index contributed by atoms with van der Waals surface area (Å²) in [6.45, 7) is 3.48. The molecule has 4 heteroatoms. The number of carbonyl (C=O) groups is 1. The molecule has 1 amide bonds. The minimum absolute atomic E-state index is 0.0233. The number of carbonyl (C=O) groups excluding carboxylic acids is 1. The second-order valence-electron chi connectivity index (χ2n) is 6.63. The molecule has 1 aliphatic carbocycles. The Morgan fingerprint density at radius 1 is 1.19 bits per heavy atom. The number of nitrogens with zero attached hydrogens (tertiary/aromatic N) is 2. The summed E-state index contributed by atoms with van der Waals surface area (Å²) in [6.07, 6.45) is 11.9. The van der Waals surface area contributed by atoms with E-state index in [0.29, 0.717) is 12.1 Å². The van der Waals surface area contributed by atoms with Gasteiger partial charge in [0, 0.05) is 31.2 Å². The number of para-hydroxylation sites is 1. The monoisotopic (exact) mass is 349 g/mol. The molecule has 0 spiro atoms. The molecule has 1 aromatic heterocycles. The van der Waals surface area contributed by atoms with Gasteiger partial charge < -0.3 is 10.2 Å². The molecule has 4 nitrogen and oxygen atoms in total. The van der Waals surface area contributed by atoms with Crippen molar-refractivity contribution in [2.75, 3.05) is 23.3 Å². The fourth-order valence-electron chi connectivity index (χ4n) is 3.36. The van der Waals surface area contributed by atoms with E-state index in [1.807, 2.05) is 43.3 Å². The lowest BCUT2D eigenvalue weighted by Crippen LogP contribution is -2.30. The fourth-order valence-corrected chi connectivity index (χ4v) is 3.36. The molecule has 1 aromatic carbocycles. The zero-order valence-corrected chi connectivity index (χ0v) is 15.4. The van der Waals surface area contributed by atoms with Crippen LogP contribution >= 0.6 is 0 Å². The van der Waals surface area contributed by atoms with Crippen molar-refractivity contribution in [1.82, 2.24) is 4.98 Å². The zero-order chi connectivity index (χ0) is 18.2. The van der Waals surface area contributed by atoms with E-state index in [4.69, 9.17) is 0 Å². The largest absolute Gasteiger partial charge is 0.383 e. The van der Waals surface area contributed by atoms with Crippen LogP contribution in [0.4, 0.5) is 11.4 Å². The minimum Gasteiger partial charge on any atom is -0.383 e. The lowest BCUT2D eigenvalue weighted by molar-refractivity contribution is 0.0988. The molecule has 0 aliphatic heterocycles. The van der Waals surface area contributed by atoms with Gasteiger partial charge in [-0.15, -0.1) is 0 Å². The van der Waals surface area contributed by atoms with E-state index < -0.39 is 0 Å². The van der Waals surface area contributed by atoms with E-state index in [1.165, 1.54) is 25.7 Å². The van der Waals surface area contributed by atoms with Crippen molar-refractivity contribution < 1.29 is 4.79 Å². The normalized spacial score (nSPS) is 13.8. The van der Waals surface area contributed by atoms with Crippen LogP contribution in [0.1, 0.15) is 49.4 Å². The number of aromatic nitrogens is 1. The summed E-state index contributed by atoms with van der Waals surface area (Å²) in [5.74, 6) is -0.0233. The van der Waals surface area contributed by atoms with Gasteiger partial charge in [0.15, 0.2) is 0 Å². The van der Waals surface area contributed by atoms with E-state index in [9.17, 15) is 4.79 Å². The predicted octanol–water partition coefficient (Wildman–Crippen LogP) is 5.05. The number of allylic oxidation sites excluding steroid dienone is 1. The molecule has 2 aromatic rings. The standard InChI is InChI=1S/C22H27N3O/c1-2-25(21-11-7-4-8-12-21)22(26)19-15-20(17-23-16-19)24-14-13-18-9-5-3-6-10-18/h4,7-9,11-12,15-17,24H,2-3,5-6,10,13-14H2,1H3. The Kier molecular flexibility index (Phi) is 6.42. The van der Waals surface area contributed by atoms with Gasteiger partial charge in [-0.25, -0.2) is 0 Å². The molecule has 1 aliphatic rings. The summed E-state index contributed by atoms with van der Waals surface area (Å²) < 4.78 is 0. The SMILES string of the molecule is CCN(C(=O)c1cncc(NCCC2=CCCCC2)c1)c1ccccc1. The van der Waals surface area contributed by atoms with E-state index in [1.54, 1.807) is 22.9 Å². The minimum atomic E-state index is -0.0233. The van der Waals surface area contributed by atoms with Crippen LogP contribution in [0.3, 0.4) is 0 Å². The quantitative estimate of drug-likeness (QED) is 0.711. The van der Waals surface area contributed by atoms with E-state index in [0.717, 1.165) is 24.3 Å². The molecule has 26 heavy (non-hydrogen) atoms. The summed E-state index contributed by atoms with van der Waals surface area (Å²) in [4.78, 5) is 18.9. The smallest absolute Gasteiger partial charge is 0.259 e. The molecule has 1 heterocycles. The third-order valence-corrected chi connectivity index (χ3v) is 4.77. The molecular formula is C22H27N3O. The van der Waals surface area contributed by atoms with Crippen molar-refractivity contribution in [1.29, 1.82) is 0 Å². The van der Waals surface area contributed by atoms with Crippen molar-refractivity contribution >= 4 is 17.3 Å². The molecule has 0 radical (unpaired) electrons. The van der Waals surface area contributed by atoms with Crippen molar-refractivity contribution in [3.8, 4) is 0 Å². The molecule has 0 atom stereocenters. The van der Waals surface area contributed by atoms with Crippen molar-refractivity contribution in [2.24, 2.45) is 0 Å².